The highest BCUT2D eigenvalue weighted by Gasteiger charge is 2.32. The Bertz CT molecular complexity index is 779. The number of para-hydroxylation sites is 1. The highest BCUT2D eigenvalue weighted by Crippen LogP contribution is 2.30. The van der Waals surface area contributed by atoms with Crippen LogP contribution in [0.1, 0.15) is 22.8 Å². The van der Waals surface area contributed by atoms with Gasteiger partial charge in [-0.25, -0.2) is 4.99 Å². The van der Waals surface area contributed by atoms with Crippen LogP contribution >= 0.6 is 0 Å². The summed E-state index contributed by atoms with van der Waals surface area (Å²) in [5.74, 6) is -0.596. The van der Waals surface area contributed by atoms with Gasteiger partial charge in [0.2, 0.25) is 5.91 Å². The van der Waals surface area contributed by atoms with Crippen molar-refractivity contribution < 1.29 is 9.59 Å². The molecule has 3 rings (SSSR count). The van der Waals surface area contributed by atoms with E-state index < -0.39 is 5.91 Å². The minimum absolute atomic E-state index is 0.109. The molecule has 1 aliphatic heterocycles. The molecule has 2 aromatic carbocycles. The van der Waals surface area contributed by atoms with Crippen molar-refractivity contribution in [2.24, 2.45) is 10.7 Å². The van der Waals surface area contributed by atoms with Crippen molar-refractivity contribution in [3.05, 3.63) is 59.7 Å². The van der Waals surface area contributed by atoms with E-state index in [1.807, 2.05) is 31.2 Å². The summed E-state index contributed by atoms with van der Waals surface area (Å²) in [5.41, 5.74) is 8.36. The van der Waals surface area contributed by atoms with E-state index in [-0.39, 0.29) is 5.91 Å². The highest BCUT2D eigenvalue weighted by molar-refractivity contribution is 6.54. The third-order valence-corrected chi connectivity index (χ3v) is 3.61. The number of likely N-dealkylation sites (N-methyl/N-ethyl adjacent to an activating group) is 1. The van der Waals surface area contributed by atoms with Crippen LogP contribution in [0.5, 0.6) is 0 Å². The zero-order chi connectivity index (χ0) is 15.7. The first-order chi connectivity index (χ1) is 10.6. The van der Waals surface area contributed by atoms with Crippen LogP contribution in [0, 0.1) is 0 Å². The molecule has 2 N–H and O–H groups in total. The lowest BCUT2D eigenvalue weighted by atomic mass is 10.1. The standard InChI is InChI=1S/C17H15N3O2/c1-2-20-14-6-4-3-5-13(14)15(17(20)22)19-12-9-7-11(8-10-12)16(18)21/h3-10H,2H2,1H3,(H2,18,21). The summed E-state index contributed by atoms with van der Waals surface area (Å²) in [7, 11) is 0. The van der Waals surface area contributed by atoms with Gasteiger partial charge < -0.3 is 10.6 Å². The number of carbonyl (C=O) groups is 2. The zero-order valence-electron chi connectivity index (χ0n) is 12.1. The van der Waals surface area contributed by atoms with Crippen molar-refractivity contribution in [2.75, 3.05) is 11.4 Å². The minimum atomic E-state index is -0.487. The molecule has 5 nitrogen and oxygen atoms in total. The molecule has 0 unspecified atom stereocenters. The summed E-state index contributed by atoms with van der Waals surface area (Å²) in [5, 5.41) is 0. The molecule has 0 aliphatic carbocycles. The third kappa shape index (κ3) is 2.26. The quantitative estimate of drug-likeness (QED) is 0.942. The molecule has 0 bridgehead atoms. The fourth-order valence-electron chi connectivity index (χ4n) is 2.51. The molecule has 2 aromatic rings. The molecule has 22 heavy (non-hydrogen) atoms. The third-order valence-electron chi connectivity index (χ3n) is 3.61. The van der Waals surface area contributed by atoms with Crippen LogP contribution in [0.3, 0.4) is 0 Å². The molecule has 1 heterocycles. The van der Waals surface area contributed by atoms with E-state index >= 15 is 0 Å². The molecule has 0 saturated heterocycles. The number of amides is 2. The zero-order valence-corrected chi connectivity index (χ0v) is 12.1. The van der Waals surface area contributed by atoms with E-state index in [2.05, 4.69) is 4.99 Å². The van der Waals surface area contributed by atoms with Crippen LogP contribution in [0.15, 0.2) is 53.5 Å². The van der Waals surface area contributed by atoms with Crippen molar-refractivity contribution in [2.45, 2.75) is 6.92 Å². The molecule has 0 saturated carbocycles. The second kappa shape index (κ2) is 5.44. The molecule has 0 atom stereocenters. The summed E-state index contributed by atoms with van der Waals surface area (Å²) in [6, 6.07) is 14.1. The Hall–Kier alpha value is -2.95. The maximum atomic E-state index is 12.5. The molecule has 1 aliphatic rings. The molecular formula is C17H15N3O2. The van der Waals surface area contributed by atoms with E-state index in [1.54, 1.807) is 29.2 Å². The maximum Gasteiger partial charge on any atom is 0.277 e. The summed E-state index contributed by atoms with van der Waals surface area (Å²) >= 11 is 0. The fraction of sp³-hybridized carbons (Fsp3) is 0.118. The predicted molar refractivity (Wildman–Crippen MR) is 85.6 cm³/mol. The van der Waals surface area contributed by atoms with Crippen molar-refractivity contribution in [1.82, 2.24) is 0 Å². The molecule has 0 aromatic heterocycles. The van der Waals surface area contributed by atoms with Crippen LogP contribution in [0.4, 0.5) is 11.4 Å². The summed E-state index contributed by atoms with van der Waals surface area (Å²) < 4.78 is 0. The van der Waals surface area contributed by atoms with E-state index in [1.165, 1.54) is 0 Å². The number of benzene rings is 2. The molecule has 0 fully saturated rings. The Morgan fingerprint density at radius 3 is 2.45 bits per heavy atom. The monoisotopic (exact) mass is 293 g/mol. The molecule has 0 radical (unpaired) electrons. The van der Waals surface area contributed by atoms with Gasteiger partial charge in [-0.15, -0.1) is 0 Å². The predicted octanol–water partition coefficient (Wildman–Crippen LogP) is 2.27. The Balaban J connectivity index is 2.04. The van der Waals surface area contributed by atoms with Gasteiger partial charge in [0.15, 0.2) is 0 Å². The molecule has 2 amide bonds. The largest absolute Gasteiger partial charge is 0.366 e. The molecule has 110 valence electrons. The van der Waals surface area contributed by atoms with Crippen LogP contribution in [-0.2, 0) is 4.79 Å². The summed E-state index contributed by atoms with van der Waals surface area (Å²) in [6.45, 7) is 2.52. The van der Waals surface area contributed by atoms with Gasteiger partial charge >= 0.3 is 0 Å². The number of primary amides is 1. The topological polar surface area (TPSA) is 75.8 Å². The second-order valence-corrected chi connectivity index (χ2v) is 4.94. The van der Waals surface area contributed by atoms with Crippen LogP contribution in [0.2, 0.25) is 0 Å². The lowest BCUT2D eigenvalue weighted by Gasteiger charge is -2.12. The number of rotatable bonds is 3. The molecular weight excluding hydrogens is 278 g/mol. The Morgan fingerprint density at radius 1 is 1.14 bits per heavy atom. The smallest absolute Gasteiger partial charge is 0.277 e. The van der Waals surface area contributed by atoms with Crippen LogP contribution in [0.25, 0.3) is 0 Å². The maximum absolute atomic E-state index is 12.5. The molecule has 0 spiro atoms. The first-order valence-electron chi connectivity index (χ1n) is 7.01. The number of nitrogens with zero attached hydrogens (tertiary/aromatic N) is 2. The van der Waals surface area contributed by atoms with Crippen molar-refractivity contribution >= 4 is 28.9 Å². The van der Waals surface area contributed by atoms with Gasteiger partial charge in [0.1, 0.15) is 5.71 Å². The Labute approximate surface area is 128 Å². The number of hydrogen-bond donors (Lipinski definition) is 1. The van der Waals surface area contributed by atoms with Gasteiger partial charge in [0.25, 0.3) is 5.91 Å². The van der Waals surface area contributed by atoms with E-state index in [9.17, 15) is 9.59 Å². The number of fused-ring (bicyclic) bond motifs is 1. The fourth-order valence-corrected chi connectivity index (χ4v) is 2.51. The first kappa shape index (κ1) is 14.0. The average Bonchev–Trinajstić information content (AvgIpc) is 2.80. The van der Waals surface area contributed by atoms with Gasteiger partial charge in [-0.3, -0.25) is 9.59 Å². The summed E-state index contributed by atoms with van der Waals surface area (Å²) in [4.78, 5) is 29.7. The highest BCUT2D eigenvalue weighted by atomic mass is 16.2. The van der Waals surface area contributed by atoms with Crippen molar-refractivity contribution in [3.8, 4) is 0 Å². The number of nitrogens with two attached hydrogens (primary N) is 1. The van der Waals surface area contributed by atoms with Crippen LogP contribution < -0.4 is 10.6 Å². The van der Waals surface area contributed by atoms with Crippen molar-refractivity contribution in [3.63, 3.8) is 0 Å². The Morgan fingerprint density at radius 2 is 1.82 bits per heavy atom. The van der Waals surface area contributed by atoms with Gasteiger partial charge in [-0.05, 0) is 37.3 Å². The van der Waals surface area contributed by atoms with E-state index in [0.717, 1.165) is 11.3 Å². The summed E-state index contributed by atoms with van der Waals surface area (Å²) in [6.07, 6.45) is 0. The minimum Gasteiger partial charge on any atom is -0.366 e. The SMILES string of the molecule is CCN1C(=O)C(=Nc2ccc(C(N)=O)cc2)c2ccccc21. The Kier molecular flexibility index (Phi) is 3.47. The average molecular weight is 293 g/mol. The molecule has 5 heteroatoms. The van der Waals surface area contributed by atoms with Gasteiger partial charge in [0.05, 0.1) is 11.4 Å². The lowest BCUT2D eigenvalue weighted by molar-refractivity contribution is -0.112. The normalized spacial score (nSPS) is 15.2. The van der Waals surface area contributed by atoms with Crippen molar-refractivity contribution in [1.29, 1.82) is 0 Å². The van der Waals surface area contributed by atoms with Gasteiger partial charge in [0, 0.05) is 17.7 Å². The number of anilines is 1. The number of carbonyl (C=O) groups excluding carboxylic acids is 2. The van der Waals surface area contributed by atoms with Crippen LogP contribution in [-0.4, -0.2) is 24.1 Å². The van der Waals surface area contributed by atoms with E-state index in [0.29, 0.717) is 23.5 Å². The second-order valence-electron chi connectivity index (χ2n) is 4.94. The van der Waals surface area contributed by atoms with E-state index in [4.69, 9.17) is 5.73 Å². The van der Waals surface area contributed by atoms with Gasteiger partial charge in [-0.1, -0.05) is 18.2 Å². The number of aliphatic imine (C=N–C) groups is 1. The number of hydrogen-bond acceptors (Lipinski definition) is 3. The lowest BCUT2D eigenvalue weighted by Crippen LogP contribution is -2.29. The first-order valence-corrected chi connectivity index (χ1v) is 7.01. The van der Waals surface area contributed by atoms with Gasteiger partial charge in [-0.2, -0.15) is 0 Å².